The maximum atomic E-state index is 7.41. The quantitative estimate of drug-likeness (QED) is 0.668. The molecule has 0 aliphatic carbocycles. The molecule has 2 aromatic carbocycles. The van der Waals surface area contributed by atoms with Crippen LogP contribution in [0.2, 0.25) is 0 Å². The van der Waals surface area contributed by atoms with E-state index in [9.17, 15) is 0 Å². The number of nitrogens with two attached hydrogens (primary N) is 1. The Kier molecular flexibility index (Phi) is 3.52. The molecule has 0 amide bonds. The minimum absolute atomic E-state index is 0.0961. The minimum Gasteiger partial charge on any atom is -0.488 e. The van der Waals surface area contributed by atoms with Crippen molar-refractivity contribution in [3.8, 4) is 5.75 Å². The van der Waals surface area contributed by atoms with E-state index in [4.69, 9.17) is 15.9 Å². The summed E-state index contributed by atoms with van der Waals surface area (Å²) in [6.07, 6.45) is 1.13. The Morgan fingerprint density at radius 3 is 2.62 bits per heavy atom. The fraction of sp³-hybridized carbons (Fsp3) is 0.235. The lowest BCUT2D eigenvalue weighted by Gasteiger charge is -2.23. The third kappa shape index (κ3) is 2.84. The first-order valence-corrected chi connectivity index (χ1v) is 7.03. The first-order chi connectivity index (χ1) is 10.1. The van der Waals surface area contributed by atoms with Crippen molar-refractivity contribution in [2.75, 3.05) is 18.5 Å². The van der Waals surface area contributed by atoms with E-state index < -0.39 is 0 Å². The van der Waals surface area contributed by atoms with Gasteiger partial charge in [-0.1, -0.05) is 18.2 Å². The van der Waals surface area contributed by atoms with Crippen molar-refractivity contribution in [3.05, 3.63) is 59.7 Å². The van der Waals surface area contributed by atoms with Crippen molar-refractivity contribution < 1.29 is 4.74 Å². The Morgan fingerprint density at radius 2 is 1.95 bits per heavy atom. The average molecular weight is 281 g/mol. The molecule has 0 bridgehead atoms. The highest BCUT2D eigenvalue weighted by Crippen LogP contribution is 2.29. The van der Waals surface area contributed by atoms with Crippen molar-refractivity contribution in [2.45, 2.75) is 12.5 Å². The molecule has 0 spiro atoms. The smallest absolute Gasteiger partial charge is 0.123 e. The first-order valence-electron chi connectivity index (χ1n) is 7.03. The summed E-state index contributed by atoms with van der Waals surface area (Å²) in [5.74, 6) is 1.10. The van der Waals surface area contributed by atoms with E-state index >= 15 is 0 Å². The van der Waals surface area contributed by atoms with Gasteiger partial charge in [-0.15, -0.1) is 0 Å². The van der Waals surface area contributed by atoms with Crippen molar-refractivity contribution in [1.29, 1.82) is 5.41 Å². The number of hydrogen-bond acceptors (Lipinski definition) is 3. The van der Waals surface area contributed by atoms with Gasteiger partial charge >= 0.3 is 0 Å². The summed E-state index contributed by atoms with van der Waals surface area (Å²) in [5.41, 5.74) is 8.59. The van der Waals surface area contributed by atoms with E-state index in [0.29, 0.717) is 0 Å². The van der Waals surface area contributed by atoms with Crippen molar-refractivity contribution >= 4 is 11.5 Å². The summed E-state index contributed by atoms with van der Waals surface area (Å²) in [6.45, 7) is 0.827. The van der Waals surface area contributed by atoms with Crippen LogP contribution in [0.1, 0.15) is 11.1 Å². The van der Waals surface area contributed by atoms with Gasteiger partial charge in [0.25, 0.3) is 0 Å². The van der Waals surface area contributed by atoms with Crippen LogP contribution in [0.25, 0.3) is 0 Å². The van der Waals surface area contributed by atoms with E-state index in [1.807, 2.05) is 36.4 Å². The molecule has 1 aliphatic rings. The van der Waals surface area contributed by atoms with Crippen molar-refractivity contribution in [2.24, 2.45) is 5.73 Å². The molecule has 0 saturated carbocycles. The first kappa shape index (κ1) is 13.5. The van der Waals surface area contributed by atoms with Crippen LogP contribution in [0.15, 0.2) is 48.5 Å². The SMILES string of the molecule is CN(CC1Cc2ccccc2O1)c1ccc(C(=N)N)cc1. The molecule has 0 radical (unpaired) electrons. The van der Waals surface area contributed by atoms with Crippen LogP contribution in [0.4, 0.5) is 5.69 Å². The van der Waals surface area contributed by atoms with Gasteiger partial charge in [-0.2, -0.15) is 0 Å². The highest BCUT2D eigenvalue weighted by Gasteiger charge is 2.23. The highest BCUT2D eigenvalue weighted by molar-refractivity contribution is 5.95. The fourth-order valence-electron chi connectivity index (χ4n) is 2.66. The second kappa shape index (κ2) is 5.48. The van der Waals surface area contributed by atoms with Crippen LogP contribution in [-0.2, 0) is 6.42 Å². The molecular weight excluding hydrogens is 262 g/mol. The largest absolute Gasteiger partial charge is 0.488 e. The van der Waals surface area contributed by atoms with Crippen LogP contribution in [0.3, 0.4) is 0 Å². The lowest BCUT2D eigenvalue weighted by molar-refractivity contribution is 0.239. The third-order valence-electron chi connectivity index (χ3n) is 3.81. The van der Waals surface area contributed by atoms with Crippen LogP contribution in [0, 0.1) is 5.41 Å². The summed E-state index contributed by atoms with van der Waals surface area (Å²) in [4.78, 5) is 2.17. The number of likely N-dealkylation sites (N-methyl/N-ethyl adjacent to an activating group) is 1. The van der Waals surface area contributed by atoms with Crippen LogP contribution >= 0.6 is 0 Å². The van der Waals surface area contributed by atoms with Crippen molar-refractivity contribution in [1.82, 2.24) is 0 Å². The van der Waals surface area contributed by atoms with Gasteiger partial charge in [-0.25, -0.2) is 0 Å². The summed E-state index contributed by atoms with van der Waals surface area (Å²) >= 11 is 0. The molecule has 4 nitrogen and oxygen atoms in total. The van der Waals surface area contributed by atoms with Gasteiger partial charge in [0.1, 0.15) is 17.7 Å². The number of nitrogens with zero attached hydrogens (tertiary/aromatic N) is 1. The number of amidine groups is 1. The number of nitrogen functional groups attached to an aromatic ring is 1. The van der Waals surface area contributed by atoms with Crippen LogP contribution < -0.4 is 15.4 Å². The van der Waals surface area contributed by atoms with E-state index in [2.05, 4.69) is 24.1 Å². The number of fused-ring (bicyclic) bond motifs is 1. The molecular formula is C17H19N3O. The lowest BCUT2D eigenvalue weighted by atomic mass is 10.1. The van der Waals surface area contributed by atoms with Gasteiger partial charge < -0.3 is 15.4 Å². The molecule has 0 fully saturated rings. The number of para-hydroxylation sites is 1. The lowest BCUT2D eigenvalue weighted by Crippen LogP contribution is -2.31. The van der Waals surface area contributed by atoms with Gasteiger partial charge in [0.15, 0.2) is 0 Å². The fourth-order valence-corrected chi connectivity index (χ4v) is 2.66. The van der Waals surface area contributed by atoms with Gasteiger partial charge in [0, 0.05) is 24.7 Å². The zero-order chi connectivity index (χ0) is 14.8. The number of nitrogens with one attached hydrogen (secondary N) is 1. The Bertz CT molecular complexity index is 626. The number of benzene rings is 2. The van der Waals surface area contributed by atoms with E-state index in [1.165, 1.54) is 5.56 Å². The van der Waals surface area contributed by atoms with E-state index in [0.717, 1.165) is 30.0 Å². The van der Waals surface area contributed by atoms with Crippen LogP contribution in [0.5, 0.6) is 5.75 Å². The molecule has 4 heteroatoms. The zero-order valence-electron chi connectivity index (χ0n) is 12.0. The molecule has 1 atom stereocenters. The summed E-state index contributed by atoms with van der Waals surface area (Å²) < 4.78 is 5.97. The number of ether oxygens (including phenoxy) is 1. The second-order valence-electron chi connectivity index (χ2n) is 5.39. The topological polar surface area (TPSA) is 62.3 Å². The molecule has 3 N–H and O–H groups in total. The predicted molar refractivity (Wildman–Crippen MR) is 85.3 cm³/mol. The Morgan fingerprint density at radius 1 is 1.24 bits per heavy atom. The molecule has 1 heterocycles. The second-order valence-corrected chi connectivity index (χ2v) is 5.39. The van der Waals surface area contributed by atoms with Crippen molar-refractivity contribution in [3.63, 3.8) is 0 Å². The highest BCUT2D eigenvalue weighted by atomic mass is 16.5. The molecule has 3 rings (SSSR count). The third-order valence-corrected chi connectivity index (χ3v) is 3.81. The Balaban J connectivity index is 1.65. The normalized spacial score (nSPS) is 16.1. The molecule has 0 aromatic heterocycles. The van der Waals surface area contributed by atoms with E-state index in [-0.39, 0.29) is 11.9 Å². The van der Waals surface area contributed by atoms with E-state index in [1.54, 1.807) is 0 Å². The minimum atomic E-state index is 0.0961. The molecule has 21 heavy (non-hydrogen) atoms. The number of hydrogen-bond donors (Lipinski definition) is 2. The maximum absolute atomic E-state index is 7.41. The number of rotatable bonds is 4. The molecule has 108 valence electrons. The summed E-state index contributed by atoms with van der Waals surface area (Å²) in [6, 6.07) is 15.9. The summed E-state index contributed by atoms with van der Waals surface area (Å²) in [7, 11) is 2.05. The Labute approximate surface area is 124 Å². The van der Waals surface area contributed by atoms with Gasteiger partial charge in [0.05, 0.1) is 6.54 Å². The zero-order valence-corrected chi connectivity index (χ0v) is 12.0. The number of anilines is 1. The molecule has 2 aromatic rings. The monoisotopic (exact) mass is 281 g/mol. The molecule has 1 aliphatic heterocycles. The molecule has 0 saturated heterocycles. The molecule has 1 unspecified atom stereocenters. The summed E-state index contributed by atoms with van der Waals surface area (Å²) in [5, 5.41) is 7.41. The Hall–Kier alpha value is -2.49. The van der Waals surface area contributed by atoms with Gasteiger partial charge in [-0.3, -0.25) is 5.41 Å². The van der Waals surface area contributed by atoms with Gasteiger partial charge in [-0.05, 0) is 35.9 Å². The predicted octanol–water partition coefficient (Wildman–Crippen LogP) is 2.41. The standard InChI is InChI=1S/C17H19N3O/c1-20(14-8-6-12(7-9-14)17(18)19)11-15-10-13-4-2-3-5-16(13)21-15/h2-9,15H,10-11H2,1H3,(H3,18,19). The average Bonchev–Trinajstić information content (AvgIpc) is 2.89. The van der Waals surface area contributed by atoms with Crippen LogP contribution in [-0.4, -0.2) is 25.5 Å². The van der Waals surface area contributed by atoms with Gasteiger partial charge in [0.2, 0.25) is 0 Å². The maximum Gasteiger partial charge on any atom is 0.123 e.